The number of aliphatic hydroxyl groups excluding tert-OH is 1. The van der Waals surface area contributed by atoms with Gasteiger partial charge in [-0.2, -0.15) is 13.2 Å². The number of urea groups is 1. The van der Waals surface area contributed by atoms with Crippen LogP contribution in [0, 0.1) is 0 Å². The van der Waals surface area contributed by atoms with Gasteiger partial charge in [-0.05, 0) is 36.5 Å². The third kappa shape index (κ3) is 4.37. The molecule has 7 heteroatoms. The highest BCUT2D eigenvalue weighted by molar-refractivity contribution is 5.75. The Morgan fingerprint density at radius 3 is 2.61 bits per heavy atom. The van der Waals surface area contributed by atoms with Gasteiger partial charge in [0.25, 0.3) is 0 Å². The summed E-state index contributed by atoms with van der Waals surface area (Å²) < 4.78 is 37.6. The SMILES string of the molecule is C[C@H](CNC(=O)N1CCC[C@H]1CO)c1ccc(C(F)(F)F)cc1. The van der Waals surface area contributed by atoms with Crippen molar-refractivity contribution in [2.45, 2.75) is 37.9 Å². The summed E-state index contributed by atoms with van der Waals surface area (Å²) in [6.45, 7) is 2.74. The van der Waals surface area contributed by atoms with Crippen LogP contribution >= 0.6 is 0 Å². The van der Waals surface area contributed by atoms with Crippen LogP contribution in [-0.2, 0) is 6.18 Å². The predicted octanol–water partition coefficient (Wildman–Crippen LogP) is 2.98. The summed E-state index contributed by atoms with van der Waals surface area (Å²) in [5.74, 6) is -0.101. The van der Waals surface area contributed by atoms with Crippen molar-refractivity contribution in [3.8, 4) is 0 Å². The van der Waals surface area contributed by atoms with E-state index < -0.39 is 11.7 Å². The Hall–Kier alpha value is -1.76. The Morgan fingerprint density at radius 1 is 1.39 bits per heavy atom. The van der Waals surface area contributed by atoms with Crippen LogP contribution in [0.5, 0.6) is 0 Å². The highest BCUT2D eigenvalue weighted by Crippen LogP contribution is 2.30. The van der Waals surface area contributed by atoms with Gasteiger partial charge < -0.3 is 15.3 Å². The van der Waals surface area contributed by atoms with Gasteiger partial charge in [0.1, 0.15) is 0 Å². The zero-order valence-electron chi connectivity index (χ0n) is 12.9. The van der Waals surface area contributed by atoms with Gasteiger partial charge in [-0.1, -0.05) is 19.1 Å². The normalized spacial score (nSPS) is 19.7. The molecule has 2 amide bonds. The zero-order chi connectivity index (χ0) is 17.0. The molecule has 0 bridgehead atoms. The molecular weight excluding hydrogens is 309 g/mol. The lowest BCUT2D eigenvalue weighted by atomic mass is 10.00. The summed E-state index contributed by atoms with van der Waals surface area (Å²) in [6, 6.07) is 4.60. The van der Waals surface area contributed by atoms with Crippen LogP contribution in [0.4, 0.5) is 18.0 Å². The molecule has 0 aromatic heterocycles. The van der Waals surface area contributed by atoms with Gasteiger partial charge in [-0.25, -0.2) is 4.79 Å². The van der Waals surface area contributed by atoms with Crippen molar-refractivity contribution in [3.63, 3.8) is 0 Å². The number of alkyl halides is 3. The molecule has 2 rings (SSSR count). The quantitative estimate of drug-likeness (QED) is 0.892. The molecule has 0 aliphatic carbocycles. The third-order valence-electron chi connectivity index (χ3n) is 4.22. The van der Waals surface area contributed by atoms with Gasteiger partial charge >= 0.3 is 12.2 Å². The molecule has 1 saturated heterocycles. The van der Waals surface area contributed by atoms with Gasteiger partial charge in [-0.3, -0.25) is 0 Å². The topological polar surface area (TPSA) is 52.6 Å². The van der Waals surface area contributed by atoms with Crippen molar-refractivity contribution in [2.75, 3.05) is 19.7 Å². The van der Waals surface area contributed by atoms with E-state index in [0.29, 0.717) is 13.1 Å². The average Bonchev–Trinajstić information content (AvgIpc) is 3.00. The number of rotatable bonds is 4. The number of carbonyl (C=O) groups excluding carboxylic acids is 1. The Bertz CT molecular complexity index is 531. The number of carbonyl (C=O) groups is 1. The number of nitrogens with zero attached hydrogens (tertiary/aromatic N) is 1. The van der Waals surface area contributed by atoms with E-state index in [0.717, 1.165) is 30.5 Å². The second-order valence-electron chi connectivity index (χ2n) is 5.88. The van der Waals surface area contributed by atoms with E-state index in [9.17, 15) is 23.1 Å². The molecule has 128 valence electrons. The summed E-state index contributed by atoms with van der Waals surface area (Å²) in [6.07, 6.45) is -2.68. The number of hydrogen-bond donors (Lipinski definition) is 2. The van der Waals surface area contributed by atoms with Crippen LogP contribution in [0.2, 0.25) is 0 Å². The van der Waals surface area contributed by atoms with Crippen molar-refractivity contribution in [3.05, 3.63) is 35.4 Å². The molecule has 0 unspecified atom stereocenters. The smallest absolute Gasteiger partial charge is 0.394 e. The fourth-order valence-electron chi connectivity index (χ4n) is 2.75. The molecule has 2 atom stereocenters. The molecule has 0 saturated carbocycles. The van der Waals surface area contributed by atoms with Crippen molar-refractivity contribution >= 4 is 6.03 Å². The van der Waals surface area contributed by atoms with Gasteiger partial charge in [-0.15, -0.1) is 0 Å². The van der Waals surface area contributed by atoms with Gasteiger partial charge in [0, 0.05) is 13.1 Å². The average molecular weight is 330 g/mol. The van der Waals surface area contributed by atoms with Crippen LogP contribution < -0.4 is 5.32 Å². The minimum Gasteiger partial charge on any atom is -0.394 e. The Labute approximate surface area is 133 Å². The number of aliphatic hydroxyl groups is 1. The van der Waals surface area contributed by atoms with Gasteiger partial charge in [0.2, 0.25) is 0 Å². The van der Waals surface area contributed by atoms with Gasteiger partial charge in [0.05, 0.1) is 18.2 Å². The maximum atomic E-state index is 12.5. The maximum Gasteiger partial charge on any atom is 0.416 e. The van der Waals surface area contributed by atoms with E-state index in [1.807, 2.05) is 6.92 Å². The molecule has 1 aliphatic rings. The first-order chi connectivity index (χ1) is 10.8. The van der Waals surface area contributed by atoms with Crippen molar-refractivity contribution in [1.29, 1.82) is 0 Å². The molecule has 1 aromatic rings. The van der Waals surface area contributed by atoms with Crippen LogP contribution in [0.25, 0.3) is 0 Å². The predicted molar refractivity (Wildman–Crippen MR) is 80.1 cm³/mol. The Kier molecular flexibility index (Phi) is 5.51. The van der Waals surface area contributed by atoms with Crippen LogP contribution in [0.3, 0.4) is 0 Å². The molecular formula is C16H21F3N2O2. The minimum atomic E-state index is -4.34. The zero-order valence-corrected chi connectivity index (χ0v) is 12.9. The first-order valence-corrected chi connectivity index (χ1v) is 7.65. The van der Waals surface area contributed by atoms with E-state index in [2.05, 4.69) is 5.32 Å². The summed E-state index contributed by atoms with van der Waals surface area (Å²) in [7, 11) is 0. The molecule has 1 aromatic carbocycles. The molecule has 1 aliphatic heterocycles. The van der Waals surface area contributed by atoms with Crippen LogP contribution in [0.1, 0.15) is 36.8 Å². The maximum absolute atomic E-state index is 12.5. The lowest BCUT2D eigenvalue weighted by molar-refractivity contribution is -0.137. The lowest BCUT2D eigenvalue weighted by Crippen LogP contribution is -2.45. The fourth-order valence-corrected chi connectivity index (χ4v) is 2.75. The molecule has 2 N–H and O–H groups in total. The lowest BCUT2D eigenvalue weighted by Gasteiger charge is -2.24. The summed E-state index contributed by atoms with van der Waals surface area (Å²) in [5.41, 5.74) is 0.0544. The van der Waals surface area contributed by atoms with E-state index in [1.165, 1.54) is 12.1 Å². The molecule has 0 spiro atoms. The van der Waals surface area contributed by atoms with Gasteiger partial charge in [0.15, 0.2) is 0 Å². The molecule has 1 heterocycles. The number of amides is 2. The number of benzene rings is 1. The van der Waals surface area contributed by atoms with E-state index >= 15 is 0 Å². The Balaban J connectivity index is 1.89. The second-order valence-corrected chi connectivity index (χ2v) is 5.88. The molecule has 1 fully saturated rings. The highest BCUT2D eigenvalue weighted by atomic mass is 19.4. The fraction of sp³-hybridized carbons (Fsp3) is 0.562. The first-order valence-electron chi connectivity index (χ1n) is 7.65. The van der Waals surface area contributed by atoms with Crippen molar-refractivity contribution < 1.29 is 23.1 Å². The standard InChI is InChI=1S/C16H21F3N2O2/c1-11(12-4-6-13(7-5-12)16(17,18)19)9-20-15(23)21-8-2-3-14(21)10-22/h4-7,11,14,22H,2-3,8-10H2,1H3,(H,20,23)/t11-,14+/m1/s1. The monoisotopic (exact) mass is 330 g/mol. The van der Waals surface area contributed by atoms with Crippen LogP contribution in [-0.4, -0.2) is 41.8 Å². The summed E-state index contributed by atoms with van der Waals surface area (Å²) in [5, 5.41) is 12.0. The molecule has 4 nitrogen and oxygen atoms in total. The number of hydrogen-bond acceptors (Lipinski definition) is 2. The minimum absolute atomic E-state index is 0.0537. The van der Waals surface area contributed by atoms with E-state index in [4.69, 9.17) is 0 Å². The molecule has 23 heavy (non-hydrogen) atoms. The highest BCUT2D eigenvalue weighted by Gasteiger charge is 2.30. The van der Waals surface area contributed by atoms with Crippen LogP contribution in [0.15, 0.2) is 24.3 Å². The Morgan fingerprint density at radius 2 is 2.04 bits per heavy atom. The number of halogens is 3. The first kappa shape index (κ1) is 17.6. The summed E-state index contributed by atoms with van der Waals surface area (Å²) >= 11 is 0. The van der Waals surface area contributed by atoms with Crippen molar-refractivity contribution in [2.24, 2.45) is 0 Å². The second kappa shape index (κ2) is 7.21. The van der Waals surface area contributed by atoms with E-state index in [1.54, 1.807) is 4.90 Å². The van der Waals surface area contributed by atoms with E-state index in [-0.39, 0.29) is 24.6 Å². The largest absolute Gasteiger partial charge is 0.416 e. The number of likely N-dealkylation sites (tertiary alicyclic amines) is 1. The number of nitrogens with one attached hydrogen (secondary N) is 1. The van der Waals surface area contributed by atoms with Crippen molar-refractivity contribution in [1.82, 2.24) is 10.2 Å². The summed E-state index contributed by atoms with van der Waals surface area (Å²) in [4.78, 5) is 13.7. The molecule has 0 radical (unpaired) electrons. The third-order valence-corrected chi connectivity index (χ3v) is 4.22.